The van der Waals surface area contributed by atoms with E-state index in [-0.39, 0.29) is 10.6 Å². The topological polar surface area (TPSA) is 58.4 Å². The summed E-state index contributed by atoms with van der Waals surface area (Å²) in [6, 6.07) is 6.55. The second kappa shape index (κ2) is 4.81. The van der Waals surface area contributed by atoms with E-state index in [9.17, 15) is 10.1 Å². The molecule has 2 aliphatic heterocycles. The quantitative estimate of drug-likeness (QED) is 0.655. The molecule has 19 heavy (non-hydrogen) atoms. The van der Waals surface area contributed by atoms with Gasteiger partial charge in [-0.05, 0) is 37.8 Å². The molecule has 0 saturated carbocycles. The summed E-state index contributed by atoms with van der Waals surface area (Å²) in [5.41, 5.74) is 2.13. The smallest absolute Gasteiger partial charge is 0.271 e. The van der Waals surface area contributed by atoms with Crippen molar-refractivity contribution in [2.75, 3.05) is 18.0 Å². The molecular formula is C14H19N3O2. The number of aryl methyl sites for hydroxylation is 1. The van der Waals surface area contributed by atoms with Gasteiger partial charge in [-0.25, -0.2) is 0 Å². The molecule has 2 bridgehead atoms. The van der Waals surface area contributed by atoms with E-state index >= 15 is 0 Å². The highest BCUT2D eigenvalue weighted by Crippen LogP contribution is 2.28. The lowest BCUT2D eigenvalue weighted by Gasteiger charge is -2.26. The lowest BCUT2D eigenvalue weighted by molar-refractivity contribution is -0.384. The average Bonchev–Trinajstić information content (AvgIpc) is 2.68. The number of hydrogen-bond acceptors (Lipinski definition) is 4. The molecule has 102 valence electrons. The second-order valence-electron chi connectivity index (χ2n) is 5.66. The van der Waals surface area contributed by atoms with Crippen LogP contribution in [0.15, 0.2) is 18.2 Å². The van der Waals surface area contributed by atoms with E-state index in [0.29, 0.717) is 12.1 Å². The number of nitrogens with one attached hydrogen (secondary N) is 1. The van der Waals surface area contributed by atoms with Gasteiger partial charge in [0, 0.05) is 43.0 Å². The Morgan fingerprint density at radius 3 is 2.84 bits per heavy atom. The molecule has 0 radical (unpaired) electrons. The van der Waals surface area contributed by atoms with Crippen LogP contribution in [-0.2, 0) is 0 Å². The Kier molecular flexibility index (Phi) is 3.14. The summed E-state index contributed by atoms with van der Waals surface area (Å²) in [6.07, 6.45) is 3.61. The number of benzene rings is 1. The van der Waals surface area contributed by atoms with Gasteiger partial charge in [0.2, 0.25) is 0 Å². The fraction of sp³-hybridized carbons (Fsp3) is 0.571. The van der Waals surface area contributed by atoms with Gasteiger partial charge in [-0.15, -0.1) is 0 Å². The van der Waals surface area contributed by atoms with E-state index in [1.807, 2.05) is 13.0 Å². The number of nitro benzene ring substituents is 1. The summed E-state index contributed by atoms with van der Waals surface area (Å²) in [4.78, 5) is 12.9. The molecular weight excluding hydrogens is 242 g/mol. The van der Waals surface area contributed by atoms with E-state index in [1.165, 1.54) is 12.8 Å². The summed E-state index contributed by atoms with van der Waals surface area (Å²) < 4.78 is 0. The Morgan fingerprint density at radius 2 is 2.05 bits per heavy atom. The van der Waals surface area contributed by atoms with Crippen LogP contribution >= 0.6 is 0 Å². The Hall–Kier alpha value is -1.62. The highest BCUT2D eigenvalue weighted by atomic mass is 16.6. The van der Waals surface area contributed by atoms with Gasteiger partial charge in [-0.3, -0.25) is 10.1 Å². The van der Waals surface area contributed by atoms with Crippen molar-refractivity contribution in [3.63, 3.8) is 0 Å². The molecule has 2 fully saturated rings. The first-order valence-corrected chi connectivity index (χ1v) is 6.89. The number of nitrogens with zero attached hydrogens (tertiary/aromatic N) is 2. The van der Waals surface area contributed by atoms with Gasteiger partial charge in [0.15, 0.2) is 0 Å². The average molecular weight is 261 g/mol. The third-order valence-corrected chi connectivity index (χ3v) is 4.15. The van der Waals surface area contributed by atoms with E-state index < -0.39 is 0 Å². The molecule has 5 nitrogen and oxygen atoms in total. The lowest BCUT2D eigenvalue weighted by atomic mass is 10.1. The number of anilines is 1. The molecule has 1 N–H and O–H groups in total. The zero-order valence-corrected chi connectivity index (χ0v) is 11.1. The normalized spacial score (nSPS) is 26.3. The summed E-state index contributed by atoms with van der Waals surface area (Å²) in [5.74, 6) is 0. The minimum Gasteiger partial charge on any atom is -0.370 e. The van der Waals surface area contributed by atoms with Gasteiger partial charge in [0.25, 0.3) is 5.69 Å². The van der Waals surface area contributed by atoms with Crippen molar-refractivity contribution in [3.05, 3.63) is 33.9 Å². The van der Waals surface area contributed by atoms with Crippen molar-refractivity contribution in [1.29, 1.82) is 0 Å². The number of hydrogen-bond donors (Lipinski definition) is 1. The monoisotopic (exact) mass is 261 g/mol. The minimum absolute atomic E-state index is 0.192. The maximum absolute atomic E-state index is 11.0. The molecule has 2 heterocycles. The highest BCUT2D eigenvalue weighted by molar-refractivity contribution is 5.56. The number of rotatable bonds is 2. The summed E-state index contributed by atoms with van der Waals surface area (Å²) in [5, 5.41) is 14.6. The lowest BCUT2D eigenvalue weighted by Crippen LogP contribution is -2.35. The van der Waals surface area contributed by atoms with Crippen LogP contribution in [0.5, 0.6) is 0 Å². The predicted octanol–water partition coefficient (Wildman–Crippen LogP) is 2.23. The summed E-state index contributed by atoms with van der Waals surface area (Å²) in [7, 11) is 0. The van der Waals surface area contributed by atoms with Crippen molar-refractivity contribution in [3.8, 4) is 0 Å². The maximum Gasteiger partial charge on any atom is 0.271 e. The van der Waals surface area contributed by atoms with Crippen LogP contribution in [0.4, 0.5) is 11.4 Å². The largest absolute Gasteiger partial charge is 0.370 e. The number of nitro groups is 1. The predicted molar refractivity (Wildman–Crippen MR) is 74.6 cm³/mol. The molecule has 0 spiro atoms. The first-order valence-electron chi connectivity index (χ1n) is 6.89. The zero-order valence-electron chi connectivity index (χ0n) is 11.1. The Bertz CT molecular complexity index is 503. The molecule has 2 unspecified atom stereocenters. The summed E-state index contributed by atoms with van der Waals surface area (Å²) >= 11 is 0. The van der Waals surface area contributed by atoms with Gasteiger partial charge in [0.1, 0.15) is 0 Å². The maximum atomic E-state index is 11.0. The van der Waals surface area contributed by atoms with Crippen LogP contribution < -0.4 is 10.2 Å². The van der Waals surface area contributed by atoms with E-state index in [4.69, 9.17) is 0 Å². The summed E-state index contributed by atoms with van der Waals surface area (Å²) in [6.45, 7) is 3.85. The van der Waals surface area contributed by atoms with Crippen molar-refractivity contribution in [2.45, 2.75) is 38.3 Å². The van der Waals surface area contributed by atoms with E-state index in [1.54, 1.807) is 12.1 Å². The third kappa shape index (κ3) is 2.56. The molecule has 0 amide bonds. The number of fused-ring (bicyclic) bond motifs is 2. The Labute approximate surface area is 112 Å². The molecule has 0 aromatic heterocycles. The first kappa shape index (κ1) is 12.4. The van der Waals surface area contributed by atoms with Crippen molar-refractivity contribution >= 4 is 11.4 Å². The third-order valence-electron chi connectivity index (χ3n) is 4.15. The van der Waals surface area contributed by atoms with E-state index in [2.05, 4.69) is 10.2 Å². The van der Waals surface area contributed by atoms with E-state index in [0.717, 1.165) is 30.8 Å². The van der Waals surface area contributed by atoms with Gasteiger partial charge in [-0.1, -0.05) is 0 Å². The van der Waals surface area contributed by atoms with Gasteiger partial charge < -0.3 is 10.2 Å². The number of non-ortho nitro benzene ring substituents is 1. The standard InChI is InChI=1S/C14H19N3O2/c1-10-6-13(8-14(7-10)17(18)19)16-5-4-11-2-3-12(9-16)15-11/h6-8,11-12,15H,2-5,9H2,1H3. The zero-order chi connectivity index (χ0) is 13.4. The molecule has 5 heteroatoms. The van der Waals surface area contributed by atoms with Crippen LogP contribution in [0.25, 0.3) is 0 Å². The van der Waals surface area contributed by atoms with Crippen molar-refractivity contribution < 1.29 is 4.92 Å². The second-order valence-corrected chi connectivity index (χ2v) is 5.66. The van der Waals surface area contributed by atoms with Crippen LogP contribution in [0.1, 0.15) is 24.8 Å². The molecule has 1 aromatic rings. The molecule has 2 atom stereocenters. The first-order chi connectivity index (χ1) is 9.11. The molecule has 0 aliphatic carbocycles. The fourth-order valence-electron chi connectivity index (χ4n) is 3.21. The van der Waals surface area contributed by atoms with Gasteiger partial charge in [0.05, 0.1) is 4.92 Å². The van der Waals surface area contributed by atoms with Crippen LogP contribution in [-0.4, -0.2) is 30.1 Å². The van der Waals surface area contributed by atoms with Gasteiger partial charge >= 0.3 is 0 Å². The highest BCUT2D eigenvalue weighted by Gasteiger charge is 2.29. The molecule has 2 aliphatic rings. The fourth-order valence-corrected chi connectivity index (χ4v) is 3.21. The van der Waals surface area contributed by atoms with Crippen LogP contribution in [0, 0.1) is 17.0 Å². The van der Waals surface area contributed by atoms with Crippen LogP contribution in [0.2, 0.25) is 0 Å². The van der Waals surface area contributed by atoms with Crippen molar-refractivity contribution in [1.82, 2.24) is 5.32 Å². The Balaban J connectivity index is 1.87. The van der Waals surface area contributed by atoms with Gasteiger partial charge in [-0.2, -0.15) is 0 Å². The SMILES string of the molecule is Cc1cc(N2CCC3CCC(C2)N3)cc([N+](=O)[O-])c1. The molecule has 1 aromatic carbocycles. The van der Waals surface area contributed by atoms with Crippen LogP contribution in [0.3, 0.4) is 0 Å². The molecule has 3 rings (SSSR count). The van der Waals surface area contributed by atoms with Crippen molar-refractivity contribution in [2.24, 2.45) is 0 Å². The Morgan fingerprint density at radius 1 is 1.26 bits per heavy atom. The molecule has 2 saturated heterocycles. The minimum atomic E-state index is -0.307.